The van der Waals surface area contributed by atoms with E-state index in [1.165, 1.54) is 4.90 Å². The van der Waals surface area contributed by atoms with Crippen LogP contribution in [0.1, 0.15) is 25.7 Å². The molecule has 0 saturated carbocycles. The highest BCUT2D eigenvalue weighted by Crippen LogP contribution is 2.31. The lowest BCUT2D eigenvalue weighted by Gasteiger charge is -2.34. The van der Waals surface area contributed by atoms with Gasteiger partial charge in [0.15, 0.2) is 6.10 Å². The van der Waals surface area contributed by atoms with E-state index < -0.39 is 18.2 Å². The van der Waals surface area contributed by atoms with E-state index in [1.807, 2.05) is 0 Å². The first kappa shape index (κ1) is 16.4. The number of aliphatic hydroxyl groups is 1. The number of likely N-dealkylation sites (tertiary alicyclic amines) is 1. The van der Waals surface area contributed by atoms with Crippen LogP contribution in [0.2, 0.25) is 0 Å². The molecule has 2 saturated heterocycles. The fourth-order valence-electron chi connectivity index (χ4n) is 2.80. The molecule has 0 aromatic rings. The zero-order valence-corrected chi connectivity index (χ0v) is 11.7. The van der Waals surface area contributed by atoms with Gasteiger partial charge in [-0.25, -0.2) is 4.79 Å². The molecule has 0 unspecified atom stereocenters. The van der Waals surface area contributed by atoms with Crippen molar-refractivity contribution >= 4 is 6.03 Å². The van der Waals surface area contributed by atoms with Gasteiger partial charge < -0.3 is 20.1 Å². The van der Waals surface area contributed by atoms with Crippen molar-refractivity contribution in [1.29, 1.82) is 0 Å². The van der Waals surface area contributed by atoms with Crippen molar-refractivity contribution in [3.05, 3.63) is 0 Å². The monoisotopic (exact) mass is 310 g/mol. The number of piperidine rings is 1. The van der Waals surface area contributed by atoms with Gasteiger partial charge in [-0.3, -0.25) is 0 Å². The number of carbonyl (C=O) groups is 1. The summed E-state index contributed by atoms with van der Waals surface area (Å²) in [7, 11) is 0. The molecule has 2 fully saturated rings. The van der Waals surface area contributed by atoms with Crippen molar-refractivity contribution in [3.8, 4) is 0 Å². The molecule has 2 amide bonds. The number of alkyl halides is 3. The molecule has 5 nitrogen and oxygen atoms in total. The van der Waals surface area contributed by atoms with Crippen molar-refractivity contribution in [2.75, 3.05) is 26.2 Å². The fraction of sp³-hybridized carbons (Fsp3) is 0.923. The Labute approximate surface area is 121 Å². The van der Waals surface area contributed by atoms with Gasteiger partial charge in [-0.15, -0.1) is 0 Å². The summed E-state index contributed by atoms with van der Waals surface area (Å²) < 4.78 is 42.7. The number of hydrogen-bond acceptors (Lipinski definition) is 3. The maximum absolute atomic E-state index is 12.4. The van der Waals surface area contributed by atoms with Gasteiger partial charge in [-0.1, -0.05) is 0 Å². The van der Waals surface area contributed by atoms with Gasteiger partial charge in [0.2, 0.25) is 0 Å². The molecular weight excluding hydrogens is 289 g/mol. The third kappa shape index (κ3) is 4.47. The number of nitrogens with zero attached hydrogens (tertiary/aromatic N) is 1. The largest absolute Gasteiger partial charge is 0.414 e. The van der Waals surface area contributed by atoms with Gasteiger partial charge in [-0.05, 0) is 31.6 Å². The van der Waals surface area contributed by atoms with Gasteiger partial charge in [0, 0.05) is 26.2 Å². The van der Waals surface area contributed by atoms with Gasteiger partial charge in [0.05, 0.1) is 6.10 Å². The summed E-state index contributed by atoms with van der Waals surface area (Å²) >= 11 is 0. The molecule has 0 aromatic carbocycles. The molecule has 0 aliphatic carbocycles. The maximum Gasteiger partial charge on any atom is 0.414 e. The Morgan fingerprint density at radius 2 is 2.00 bits per heavy atom. The molecular formula is C13H21F3N2O3. The van der Waals surface area contributed by atoms with Gasteiger partial charge in [0.1, 0.15) is 0 Å². The average Bonchev–Trinajstić information content (AvgIpc) is 2.96. The van der Waals surface area contributed by atoms with E-state index in [0.29, 0.717) is 13.2 Å². The normalized spacial score (nSPS) is 25.9. The molecule has 122 valence electrons. The molecule has 2 atom stereocenters. The summed E-state index contributed by atoms with van der Waals surface area (Å²) in [5.41, 5.74) is 0. The minimum atomic E-state index is -4.59. The Hall–Kier alpha value is -1.02. The number of urea groups is 1. The first-order valence-electron chi connectivity index (χ1n) is 7.27. The predicted molar refractivity (Wildman–Crippen MR) is 68.7 cm³/mol. The first-order chi connectivity index (χ1) is 9.88. The highest BCUT2D eigenvalue weighted by atomic mass is 19.4. The topological polar surface area (TPSA) is 61.8 Å². The van der Waals surface area contributed by atoms with E-state index in [2.05, 4.69) is 5.32 Å². The smallest absolute Gasteiger partial charge is 0.383 e. The lowest BCUT2D eigenvalue weighted by molar-refractivity contribution is -0.222. The van der Waals surface area contributed by atoms with E-state index in [9.17, 15) is 23.1 Å². The molecule has 8 heteroatoms. The molecule has 2 aliphatic rings. The standard InChI is InChI=1S/C13H21F3N2O3/c14-13(15,16)11(19)9-3-5-18(6-4-9)12(20)17-8-10-2-1-7-21-10/h9-11,19H,1-8H2,(H,17,20)/t10-,11-/m1/s1. The fourth-order valence-corrected chi connectivity index (χ4v) is 2.80. The third-order valence-electron chi connectivity index (χ3n) is 4.11. The second-order valence-electron chi connectivity index (χ2n) is 5.63. The van der Waals surface area contributed by atoms with Crippen molar-refractivity contribution in [1.82, 2.24) is 10.2 Å². The molecule has 0 aromatic heterocycles. The second-order valence-corrected chi connectivity index (χ2v) is 5.63. The molecule has 2 aliphatic heterocycles. The van der Waals surface area contributed by atoms with Crippen LogP contribution in [0, 0.1) is 5.92 Å². The number of carbonyl (C=O) groups excluding carboxylic acids is 1. The van der Waals surface area contributed by atoms with Gasteiger partial charge in [-0.2, -0.15) is 13.2 Å². The maximum atomic E-state index is 12.4. The number of rotatable bonds is 3. The van der Waals surface area contributed by atoms with Crippen LogP contribution >= 0.6 is 0 Å². The summed E-state index contributed by atoms with van der Waals surface area (Å²) in [6.45, 7) is 1.61. The SMILES string of the molecule is O=C(NC[C@H]1CCCO1)N1CCC([C@@H](O)C(F)(F)F)CC1. The molecule has 2 N–H and O–H groups in total. The van der Waals surface area contributed by atoms with E-state index >= 15 is 0 Å². The number of nitrogens with one attached hydrogen (secondary N) is 1. The second kappa shape index (κ2) is 6.83. The van der Waals surface area contributed by atoms with Crippen molar-refractivity contribution in [2.24, 2.45) is 5.92 Å². The molecule has 21 heavy (non-hydrogen) atoms. The number of hydrogen-bond donors (Lipinski definition) is 2. The molecule has 2 rings (SSSR count). The number of amides is 2. The highest BCUT2D eigenvalue weighted by molar-refractivity contribution is 5.74. The van der Waals surface area contributed by atoms with Crippen LogP contribution in [0.3, 0.4) is 0 Å². The van der Waals surface area contributed by atoms with Crippen LogP contribution in [-0.2, 0) is 4.74 Å². The molecule has 0 radical (unpaired) electrons. The minimum absolute atomic E-state index is 0.0403. The summed E-state index contributed by atoms with van der Waals surface area (Å²) in [5.74, 6) is -0.827. The quantitative estimate of drug-likeness (QED) is 0.830. The van der Waals surface area contributed by atoms with Crippen LogP contribution in [0.4, 0.5) is 18.0 Å². The van der Waals surface area contributed by atoms with E-state index in [1.54, 1.807) is 0 Å². The van der Waals surface area contributed by atoms with Crippen LogP contribution < -0.4 is 5.32 Å². The van der Waals surface area contributed by atoms with E-state index in [4.69, 9.17) is 4.74 Å². The first-order valence-corrected chi connectivity index (χ1v) is 7.27. The number of ether oxygens (including phenoxy) is 1. The van der Waals surface area contributed by atoms with Crippen molar-refractivity contribution in [2.45, 2.75) is 44.1 Å². The zero-order valence-electron chi connectivity index (χ0n) is 11.7. The Morgan fingerprint density at radius 1 is 1.33 bits per heavy atom. The molecule has 0 spiro atoms. The summed E-state index contributed by atoms with van der Waals surface area (Å²) in [6.07, 6.45) is -4.62. The van der Waals surface area contributed by atoms with Gasteiger partial charge in [0.25, 0.3) is 0 Å². The average molecular weight is 310 g/mol. The van der Waals surface area contributed by atoms with E-state index in [-0.39, 0.29) is 38.1 Å². The van der Waals surface area contributed by atoms with E-state index in [0.717, 1.165) is 12.8 Å². The van der Waals surface area contributed by atoms with Crippen LogP contribution in [0.15, 0.2) is 0 Å². The van der Waals surface area contributed by atoms with Gasteiger partial charge >= 0.3 is 12.2 Å². The minimum Gasteiger partial charge on any atom is -0.383 e. The molecule has 0 bridgehead atoms. The highest BCUT2D eigenvalue weighted by Gasteiger charge is 2.44. The van der Waals surface area contributed by atoms with Crippen LogP contribution in [0.25, 0.3) is 0 Å². The van der Waals surface area contributed by atoms with Crippen LogP contribution in [-0.4, -0.2) is 60.7 Å². The Morgan fingerprint density at radius 3 is 2.52 bits per heavy atom. The lowest BCUT2D eigenvalue weighted by atomic mass is 9.91. The zero-order chi connectivity index (χ0) is 15.5. The van der Waals surface area contributed by atoms with Crippen LogP contribution in [0.5, 0.6) is 0 Å². The lowest BCUT2D eigenvalue weighted by Crippen LogP contribution is -2.49. The van der Waals surface area contributed by atoms with Crippen molar-refractivity contribution in [3.63, 3.8) is 0 Å². The summed E-state index contributed by atoms with van der Waals surface area (Å²) in [6, 6.07) is -0.273. The Balaban J connectivity index is 1.71. The third-order valence-corrected chi connectivity index (χ3v) is 4.11. The summed E-state index contributed by atoms with van der Waals surface area (Å²) in [4.78, 5) is 13.4. The number of halogens is 3. The number of aliphatic hydroxyl groups excluding tert-OH is 1. The van der Waals surface area contributed by atoms with Crippen molar-refractivity contribution < 1.29 is 27.8 Å². The predicted octanol–water partition coefficient (Wildman–Crippen LogP) is 1.51. The Kier molecular flexibility index (Phi) is 5.32. The Bertz CT molecular complexity index is 351. The summed E-state index contributed by atoms with van der Waals surface area (Å²) in [5, 5.41) is 12.0. The molecule has 2 heterocycles.